The Hall–Kier alpha value is -1.04. The van der Waals surface area contributed by atoms with Gasteiger partial charge < -0.3 is 0 Å². The van der Waals surface area contributed by atoms with Gasteiger partial charge in [-0.15, -0.1) is 0 Å². The zero-order chi connectivity index (χ0) is 11.9. The molecule has 84 valence electrons. The minimum Gasteiger partial charge on any atom is -0.214 e. The van der Waals surface area contributed by atoms with Gasteiger partial charge in [0, 0.05) is 0 Å². The maximum atomic E-state index is 12.2. The van der Waals surface area contributed by atoms with Crippen molar-refractivity contribution in [2.75, 3.05) is 0 Å². The first kappa shape index (κ1) is 12.0. The minimum atomic E-state index is -5.24. The molecule has 6 heteroatoms. The van der Waals surface area contributed by atoms with Crippen LogP contribution in [-0.4, -0.2) is 13.9 Å². The fourth-order valence-electron chi connectivity index (χ4n) is 1.23. The number of benzene rings is 1. The van der Waals surface area contributed by atoms with E-state index in [1.807, 2.05) is 0 Å². The van der Waals surface area contributed by atoms with Crippen LogP contribution in [0.25, 0.3) is 0 Å². The van der Waals surface area contributed by atoms with Crippen LogP contribution < -0.4 is 0 Å². The predicted molar refractivity (Wildman–Crippen MR) is 49.2 cm³/mol. The van der Waals surface area contributed by atoms with Crippen molar-refractivity contribution in [1.82, 2.24) is 0 Å². The van der Waals surface area contributed by atoms with E-state index in [1.165, 1.54) is 19.1 Å². The van der Waals surface area contributed by atoms with Crippen molar-refractivity contribution in [3.05, 3.63) is 29.3 Å². The molecule has 0 saturated carbocycles. The highest BCUT2D eigenvalue weighted by molar-refractivity contribution is 7.92. The minimum absolute atomic E-state index is 0.104. The van der Waals surface area contributed by atoms with Crippen molar-refractivity contribution in [2.45, 2.75) is 24.3 Å². The van der Waals surface area contributed by atoms with Crippen molar-refractivity contribution in [3.63, 3.8) is 0 Å². The molecule has 0 aliphatic carbocycles. The first-order valence-corrected chi connectivity index (χ1v) is 5.53. The molecule has 0 spiro atoms. The van der Waals surface area contributed by atoms with Crippen LogP contribution in [-0.2, 0) is 9.84 Å². The zero-order valence-electron chi connectivity index (χ0n) is 8.09. The Morgan fingerprint density at radius 2 is 1.67 bits per heavy atom. The van der Waals surface area contributed by atoms with Crippen LogP contribution in [0.2, 0.25) is 0 Å². The summed E-state index contributed by atoms with van der Waals surface area (Å²) < 4.78 is 58.8. The van der Waals surface area contributed by atoms with Crippen molar-refractivity contribution < 1.29 is 21.6 Å². The van der Waals surface area contributed by atoms with Crippen LogP contribution in [0.4, 0.5) is 13.2 Å². The summed E-state index contributed by atoms with van der Waals surface area (Å²) in [5.74, 6) is 0. The van der Waals surface area contributed by atoms with Crippen molar-refractivity contribution in [1.29, 1.82) is 0 Å². The molecule has 0 radical (unpaired) electrons. The van der Waals surface area contributed by atoms with Crippen molar-refractivity contribution in [2.24, 2.45) is 0 Å². The first-order chi connectivity index (χ1) is 6.66. The number of rotatable bonds is 1. The molecular formula is C9H9F3O2S. The van der Waals surface area contributed by atoms with Gasteiger partial charge in [0.2, 0.25) is 0 Å². The highest BCUT2D eigenvalue weighted by Crippen LogP contribution is 2.32. The van der Waals surface area contributed by atoms with E-state index in [0.717, 1.165) is 6.07 Å². The van der Waals surface area contributed by atoms with E-state index in [2.05, 4.69) is 0 Å². The van der Waals surface area contributed by atoms with Gasteiger partial charge in [-0.2, -0.15) is 13.2 Å². The van der Waals surface area contributed by atoms with Crippen molar-refractivity contribution in [3.8, 4) is 0 Å². The van der Waals surface area contributed by atoms with Gasteiger partial charge in [-0.05, 0) is 25.5 Å². The normalized spacial score (nSPS) is 12.9. The molecule has 0 atom stereocenters. The molecule has 2 nitrogen and oxygen atoms in total. The molecule has 0 aliphatic heterocycles. The molecule has 1 aromatic carbocycles. The molecule has 0 heterocycles. The average Bonchev–Trinajstić information content (AvgIpc) is 2.00. The van der Waals surface area contributed by atoms with Gasteiger partial charge in [0.05, 0.1) is 4.90 Å². The summed E-state index contributed by atoms with van der Waals surface area (Å²) in [5, 5.41) is 0. The number of sulfone groups is 1. The lowest BCUT2D eigenvalue weighted by atomic mass is 10.2. The maximum absolute atomic E-state index is 12.2. The lowest BCUT2D eigenvalue weighted by Crippen LogP contribution is -2.24. The molecule has 15 heavy (non-hydrogen) atoms. The molecule has 0 aromatic heterocycles. The van der Waals surface area contributed by atoms with Crippen LogP contribution in [0.1, 0.15) is 11.1 Å². The van der Waals surface area contributed by atoms with E-state index < -0.39 is 20.2 Å². The third-order valence-electron chi connectivity index (χ3n) is 1.92. The maximum Gasteiger partial charge on any atom is 0.501 e. The molecule has 0 saturated heterocycles. The Morgan fingerprint density at radius 1 is 1.13 bits per heavy atom. The quantitative estimate of drug-likeness (QED) is 0.753. The fraction of sp³-hybridized carbons (Fsp3) is 0.333. The summed E-state index contributed by atoms with van der Waals surface area (Å²) in [6, 6.07) is 3.72. The van der Waals surface area contributed by atoms with Crippen LogP contribution >= 0.6 is 0 Å². The zero-order valence-corrected chi connectivity index (χ0v) is 8.91. The Morgan fingerprint density at radius 3 is 2.07 bits per heavy atom. The van der Waals surface area contributed by atoms with E-state index in [4.69, 9.17) is 0 Å². The van der Waals surface area contributed by atoms with Gasteiger partial charge in [0.15, 0.2) is 0 Å². The third kappa shape index (κ3) is 2.14. The SMILES string of the molecule is Cc1ccc(S(=O)(=O)C(F)(F)F)c(C)c1. The second-order valence-electron chi connectivity index (χ2n) is 3.22. The highest BCUT2D eigenvalue weighted by Gasteiger charge is 2.47. The standard InChI is InChI=1S/C9H9F3O2S/c1-6-3-4-8(7(2)5-6)15(13,14)9(10,11)12/h3-5H,1-2H3. The van der Waals surface area contributed by atoms with Gasteiger partial charge in [0.1, 0.15) is 0 Å². The summed E-state index contributed by atoms with van der Waals surface area (Å²) in [5.41, 5.74) is -4.42. The first-order valence-electron chi connectivity index (χ1n) is 4.05. The summed E-state index contributed by atoms with van der Waals surface area (Å²) in [6.45, 7) is 3.02. The third-order valence-corrected chi connectivity index (χ3v) is 3.57. The van der Waals surface area contributed by atoms with E-state index in [9.17, 15) is 21.6 Å². The van der Waals surface area contributed by atoms with Gasteiger partial charge in [-0.3, -0.25) is 0 Å². The fourth-order valence-corrected chi connectivity index (χ4v) is 2.20. The van der Waals surface area contributed by atoms with E-state index >= 15 is 0 Å². The summed E-state index contributed by atoms with van der Waals surface area (Å²) >= 11 is 0. The van der Waals surface area contributed by atoms with Crippen LogP contribution in [0.5, 0.6) is 0 Å². The number of hydrogen-bond acceptors (Lipinski definition) is 2. The topological polar surface area (TPSA) is 34.1 Å². The lowest BCUT2D eigenvalue weighted by molar-refractivity contribution is -0.0436. The van der Waals surface area contributed by atoms with Gasteiger partial charge >= 0.3 is 5.51 Å². The molecule has 1 aromatic rings. The Kier molecular flexibility index (Phi) is 2.82. The van der Waals surface area contributed by atoms with Crippen LogP contribution in [0, 0.1) is 13.8 Å². The molecule has 0 N–H and O–H groups in total. The smallest absolute Gasteiger partial charge is 0.214 e. The highest BCUT2D eigenvalue weighted by atomic mass is 32.2. The molecule has 0 fully saturated rings. The number of hydrogen-bond donors (Lipinski definition) is 0. The molecule has 0 aliphatic rings. The van der Waals surface area contributed by atoms with Crippen LogP contribution in [0.15, 0.2) is 23.1 Å². The Balaban J connectivity index is 3.42. The van der Waals surface area contributed by atoms with E-state index in [0.29, 0.717) is 5.56 Å². The summed E-state index contributed by atoms with van der Waals surface area (Å²) in [7, 11) is -5.22. The van der Waals surface area contributed by atoms with Crippen LogP contribution in [0.3, 0.4) is 0 Å². The van der Waals surface area contributed by atoms with Gasteiger partial charge in [0.25, 0.3) is 9.84 Å². The second kappa shape index (κ2) is 3.52. The summed E-state index contributed by atoms with van der Waals surface area (Å²) in [4.78, 5) is -0.680. The molecule has 1 rings (SSSR count). The monoisotopic (exact) mass is 238 g/mol. The summed E-state index contributed by atoms with van der Waals surface area (Å²) in [6.07, 6.45) is 0. The largest absolute Gasteiger partial charge is 0.501 e. The average molecular weight is 238 g/mol. The van der Waals surface area contributed by atoms with Gasteiger partial charge in [-0.25, -0.2) is 8.42 Å². The molecular weight excluding hydrogens is 229 g/mol. The number of halogens is 3. The Labute approximate surface area is 85.6 Å². The second-order valence-corrected chi connectivity index (χ2v) is 5.13. The lowest BCUT2D eigenvalue weighted by Gasteiger charge is -2.10. The van der Waals surface area contributed by atoms with E-state index in [1.54, 1.807) is 6.92 Å². The predicted octanol–water partition coefficient (Wildman–Crippen LogP) is 2.60. The molecule has 0 bridgehead atoms. The molecule has 0 amide bonds. The van der Waals surface area contributed by atoms with E-state index in [-0.39, 0.29) is 5.56 Å². The number of aryl methyl sites for hydroxylation is 2. The number of alkyl halides is 3. The van der Waals surface area contributed by atoms with Gasteiger partial charge in [-0.1, -0.05) is 17.7 Å². The van der Waals surface area contributed by atoms with Crippen molar-refractivity contribution >= 4 is 9.84 Å². The Bertz CT molecular complexity index is 475. The molecule has 0 unspecified atom stereocenters.